The lowest BCUT2D eigenvalue weighted by Gasteiger charge is -2.38. The molecule has 1 saturated heterocycles. The first kappa shape index (κ1) is 10.3. The summed E-state index contributed by atoms with van der Waals surface area (Å²) in [5.41, 5.74) is -1.47. The molecule has 82 valence electrons. The molecule has 1 aliphatic heterocycles. The lowest BCUT2D eigenvalue weighted by molar-refractivity contribution is -0.0200. The Bertz CT molecular complexity index is 391. The number of halogens is 2. The average molecular weight is 215 g/mol. The van der Waals surface area contributed by atoms with Gasteiger partial charge in [-0.15, -0.1) is 0 Å². The Morgan fingerprint density at radius 3 is 2.40 bits per heavy atom. The minimum absolute atomic E-state index is 0.108. The van der Waals surface area contributed by atoms with Crippen LogP contribution in [-0.4, -0.2) is 25.3 Å². The molecule has 2 rings (SSSR count). The molecular formula is C10H11F2NO2. The zero-order valence-electron chi connectivity index (χ0n) is 8.18. The number of hydrogen-bond acceptors (Lipinski definition) is 3. The van der Waals surface area contributed by atoms with Crippen molar-refractivity contribution in [1.29, 1.82) is 0 Å². The van der Waals surface area contributed by atoms with Crippen molar-refractivity contribution >= 4 is 0 Å². The second-order valence-electron chi connectivity index (χ2n) is 3.57. The quantitative estimate of drug-likeness (QED) is 0.765. The van der Waals surface area contributed by atoms with Crippen molar-refractivity contribution in [2.24, 2.45) is 0 Å². The molecule has 0 spiro atoms. The second-order valence-corrected chi connectivity index (χ2v) is 3.57. The lowest BCUT2D eigenvalue weighted by atomic mass is 9.87. The minimum Gasteiger partial charge on any atom is -0.493 e. The molecule has 0 saturated carbocycles. The Morgan fingerprint density at radius 1 is 1.33 bits per heavy atom. The zero-order valence-corrected chi connectivity index (χ0v) is 8.18. The van der Waals surface area contributed by atoms with Crippen LogP contribution in [0.1, 0.15) is 5.56 Å². The van der Waals surface area contributed by atoms with E-state index in [2.05, 4.69) is 5.32 Å². The number of β-amino-alcohol motifs (C(OH)–C–C–N with tert-alkyl or cyclic N) is 1. The molecular weight excluding hydrogens is 204 g/mol. The van der Waals surface area contributed by atoms with Crippen molar-refractivity contribution < 1.29 is 18.6 Å². The summed E-state index contributed by atoms with van der Waals surface area (Å²) in [6.07, 6.45) is 0. The standard InChI is InChI=1S/C10H11F2NO2/c1-15-9-7(12)3-2-6(11)8(9)10(14)4-13-5-10/h2-3,13-14H,4-5H2,1H3. The van der Waals surface area contributed by atoms with Crippen LogP contribution in [0.3, 0.4) is 0 Å². The lowest BCUT2D eigenvalue weighted by Crippen LogP contribution is -2.57. The van der Waals surface area contributed by atoms with Gasteiger partial charge < -0.3 is 15.2 Å². The molecule has 0 atom stereocenters. The third kappa shape index (κ3) is 1.48. The van der Waals surface area contributed by atoms with Crippen LogP contribution in [-0.2, 0) is 5.60 Å². The summed E-state index contributed by atoms with van der Waals surface area (Å²) in [4.78, 5) is 0. The van der Waals surface area contributed by atoms with Crippen molar-refractivity contribution in [2.45, 2.75) is 5.60 Å². The van der Waals surface area contributed by atoms with Crippen molar-refractivity contribution in [3.05, 3.63) is 29.3 Å². The monoisotopic (exact) mass is 215 g/mol. The van der Waals surface area contributed by atoms with E-state index in [1.54, 1.807) is 0 Å². The van der Waals surface area contributed by atoms with E-state index >= 15 is 0 Å². The van der Waals surface area contributed by atoms with Crippen molar-refractivity contribution in [2.75, 3.05) is 20.2 Å². The molecule has 0 bridgehead atoms. The molecule has 0 radical (unpaired) electrons. The summed E-state index contributed by atoms with van der Waals surface area (Å²) in [5, 5.41) is 12.8. The summed E-state index contributed by atoms with van der Waals surface area (Å²) in [6, 6.07) is 1.97. The van der Waals surface area contributed by atoms with Gasteiger partial charge in [0.2, 0.25) is 0 Å². The van der Waals surface area contributed by atoms with Crippen LogP contribution in [0, 0.1) is 11.6 Å². The molecule has 3 nitrogen and oxygen atoms in total. The van der Waals surface area contributed by atoms with E-state index in [-0.39, 0.29) is 24.4 Å². The van der Waals surface area contributed by atoms with Gasteiger partial charge in [0.1, 0.15) is 11.4 Å². The molecule has 0 aromatic heterocycles. The van der Waals surface area contributed by atoms with E-state index in [1.807, 2.05) is 0 Å². The Morgan fingerprint density at radius 2 is 1.93 bits per heavy atom. The highest BCUT2D eigenvalue weighted by Gasteiger charge is 2.41. The topological polar surface area (TPSA) is 41.5 Å². The molecule has 1 aliphatic rings. The molecule has 1 aromatic carbocycles. The highest BCUT2D eigenvalue weighted by molar-refractivity contribution is 5.42. The SMILES string of the molecule is COc1c(F)ccc(F)c1C1(O)CNC1. The molecule has 0 amide bonds. The van der Waals surface area contributed by atoms with Gasteiger partial charge in [-0.1, -0.05) is 0 Å². The van der Waals surface area contributed by atoms with Crippen LogP contribution in [0.25, 0.3) is 0 Å². The van der Waals surface area contributed by atoms with E-state index in [0.29, 0.717) is 0 Å². The number of methoxy groups -OCH3 is 1. The fourth-order valence-corrected chi connectivity index (χ4v) is 1.70. The largest absolute Gasteiger partial charge is 0.493 e. The molecule has 0 aliphatic carbocycles. The first-order chi connectivity index (χ1) is 7.08. The Balaban J connectivity index is 2.57. The van der Waals surface area contributed by atoms with Crippen LogP contribution >= 0.6 is 0 Å². The summed E-state index contributed by atoms with van der Waals surface area (Å²) in [6.45, 7) is 0.396. The average Bonchev–Trinajstić information content (AvgIpc) is 2.17. The van der Waals surface area contributed by atoms with Gasteiger partial charge in [0.15, 0.2) is 11.6 Å². The maximum absolute atomic E-state index is 13.5. The number of aliphatic hydroxyl groups is 1. The summed E-state index contributed by atoms with van der Waals surface area (Å²) < 4.78 is 31.6. The number of hydrogen-bond donors (Lipinski definition) is 2. The van der Waals surface area contributed by atoms with E-state index in [9.17, 15) is 13.9 Å². The van der Waals surface area contributed by atoms with E-state index in [4.69, 9.17) is 4.74 Å². The predicted octanol–water partition coefficient (Wildman–Crippen LogP) is 0.764. The van der Waals surface area contributed by atoms with E-state index < -0.39 is 17.2 Å². The fraction of sp³-hybridized carbons (Fsp3) is 0.400. The fourth-order valence-electron chi connectivity index (χ4n) is 1.70. The Kier molecular flexibility index (Phi) is 2.36. The van der Waals surface area contributed by atoms with Gasteiger partial charge in [-0.3, -0.25) is 0 Å². The summed E-state index contributed by atoms with van der Waals surface area (Å²) in [7, 11) is 1.25. The first-order valence-corrected chi connectivity index (χ1v) is 4.54. The third-order valence-corrected chi connectivity index (χ3v) is 2.56. The van der Waals surface area contributed by atoms with Crippen LogP contribution in [0.15, 0.2) is 12.1 Å². The maximum Gasteiger partial charge on any atom is 0.165 e. The number of ether oxygens (including phenoxy) is 1. The van der Waals surface area contributed by atoms with Gasteiger partial charge in [0, 0.05) is 13.1 Å². The normalized spacial score (nSPS) is 18.4. The van der Waals surface area contributed by atoms with Gasteiger partial charge >= 0.3 is 0 Å². The van der Waals surface area contributed by atoms with Gasteiger partial charge in [-0.25, -0.2) is 8.78 Å². The van der Waals surface area contributed by atoms with Crippen LogP contribution < -0.4 is 10.1 Å². The van der Waals surface area contributed by atoms with Crippen LogP contribution in [0.2, 0.25) is 0 Å². The zero-order chi connectivity index (χ0) is 11.1. The van der Waals surface area contributed by atoms with Crippen LogP contribution in [0.4, 0.5) is 8.78 Å². The smallest absolute Gasteiger partial charge is 0.165 e. The van der Waals surface area contributed by atoms with Gasteiger partial charge in [0.25, 0.3) is 0 Å². The highest BCUT2D eigenvalue weighted by atomic mass is 19.1. The Labute approximate surface area is 85.7 Å². The van der Waals surface area contributed by atoms with Gasteiger partial charge in [-0.05, 0) is 12.1 Å². The molecule has 1 heterocycles. The number of benzene rings is 1. The number of rotatable bonds is 2. The van der Waals surface area contributed by atoms with Crippen molar-refractivity contribution in [3.63, 3.8) is 0 Å². The number of nitrogens with one attached hydrogen (secondary N) is 1. The summed E-state index contributed by atoms with van der Waals surface area (Å²) in [5.74, 6) is -1.55. The van der Waals surface area contributed by atoms with Crippen LogP contribution in [0.5, 0.6) is 5.75 Å². The molecule has 15 heavy (non-hydrogen) atoms. The highest BCUT2D eigenvalue weighted by Crippen LogP contribution is 2.36. The van der Waals surface area contributed by atoms with Gasteiger partial charge in [-0.2, -0.15) is 0 Å². The van der Waals surface area contributed by atoms with E-state index in [1.165, 1.54) is 7.11 Å². The third-order valence-electron chi connectivity index (χ3n) is 2.56. The predicted molar refractivity (Wildman–Crippen MR) is 49.7 cm³/mol. The Hall–Kier alpha value is -1.20. The second kappa shape index (κ2) is 3.43. The van der Waals surface area contributed by atoms with Crippen molar-refractivity contribution in [3.8, 4) is 5.75 Å². The molecule has 5 heteroatoms. The first-order valence-electron chi connectivity index (χ1n) is 4.54. The van der Waals surface area contributed by atoms with E-state index in [0.717, 1.165) is 12.1 Å². The van der Waals surface area contributed by atoms with Crippen molar-refractivity contribution in [1.82, 2.24) is 5.32 Å². The molecule has 0 unspecified atom stereocenters. The molecule has 1 fully saturated rings. The maximum atomic E-state index is 13.5. The van der Waals surface area contributed by atoms with Gasteiger partial charge in [0.05, 0.1) is 12.7 Å². The summed E-state index contributed by atoms with van der Waals surface area (Å²) >= 11 is 0. The molecule has 2 N–H and O–H groups in total. The minimum atomic E-state index is -1.36. The molecule has 1 aromatic rings.